The third-order valence-corrected chi connectivity index (χ3v) is 1.87. The Balaban J connectivity index is 3.35. The molecule has 0 spiro atoms. The van der Waals surface area contributed by atoms with Crippen molar-refractivity contribution >= 4 is 0 Å². The van der Waals surface area contributed by atoms with Gasteiger partial charge in [-0.15, -0.1) is 0 Å². The number of rotatable bonds is 7. The number of hydrogen-bond acceptors (Lipinski definition) is 3. The second kappa shape index (κ2) is 7.53. The highest BCUT2D eigenvalue weighted by molar-refractivity contribution is 4.66. The summed E-state index contributed by atoms with van der Waals surface area (Å²) in [4.78, 5) is 0. The Labute approximate surface area is 75.1 Å². The highest BCUT2D eigenvalue weighted by Gasteiger charge is 2.12. The van der Waals surface area contributed by atoms with Gasteiger partial charge in [0.15, 0.2) is 0 Å². The van der Waals surface area contributed by atoms with E-state index in [0.29, 0.717) is 13.2 Å². The summed E-state index contributed by atoms with van der Waals surface area (Å²) < 4.78 is 4.94. The molecule has 0 aliphatic carbocycles. The van der Waals surface area contributed by atoms with Crippen molar-refractivity contribution in [1.29, 1.82) is 0 Å². The van der Waals surface area contributed by atoms with Crippen molar-refractivity contribution in [1.82, 2.24) is 5.32 Å². The van der Waals surface area contributed by atoms with E-state index in [1.807, 2.05) is 6.92 Å². The van der Waals surface area contributed by atoms with E-state index < -0.39 is 0 Å². The SMILES string of the molecule is CCCNCC(O)C(C)COC. The minimum Gasteiger partial charge on any atom is -0.391 e. The van der Waals surface area contributed by atoms with Crippen LogP contribution in [0.1, 0.15) is 20.3 Å². The molecule has 0 aliphatic heterocycles. The number of hydrogen-bond donors (Lipinski definition) is 2. The van der Waals surface area contributed by atoms with Crippen molar-refractivity contribution in [3.8, 4) is 0 Å². The highest BCUT2D eigenvalue weighted by Crippen LogP contribution is 2.01. The zero-order chi connectivity index (χ0) is 9.40. The van der Waals surface area contributed by atoms with E-state index in [-0.39, 0.29) is 12.0 Å². The summed E-state index contributed by atoms with van der Waals surface area (Å²) in [5, 5.41) is 12.7. The lowest BCUT2D eigenvalue weighted by Gasteiger charge is -2.18. The van der Waals surface area contributed by atoms with E-state index in [2.05, 4.69) is 12.2 Å². The molecule has 12 heavy (non-hydrogen) atoms. The van der Waals surface area contributed by atoms with Crippen LogP contribution < -0.4 is 5.32 Å². The van der Waals surface area contributed by atoms with Crippen LogP contribution in [-0.2, 0) is 4.74 Å². The number of methoxy groups -OCH3 is 1. The van der Waals surface area contributed by atoms with Crippen molar-refractivity contribution in [3.63, 3.8) is 0 Å². The lowest BCUT2D eigenvalue weighted by molar-refractivity contribution is 0.0573. The first-order valence-electron chi connectivity index (χ1n) is 4.60. The average Bonchev–Trinajstić information content (AvgIpc) is 2.05. The third-order valence-electron chi connectivity index (χ3n) is 1.87. The largest absolute Gasteiger partial charge is 0.391 e. The minimum absolute atomic E-state index is 0.208. The first kappa shape index (κ1) is 11.9. The van der Waals surface area contributed by atoms with Crippen LogP contribution in [0.15, 0.2) is 0 Å². The molecule has 3 nitrogen and oxygen atoms in total. The Morgan fingerprint density at radius 3 is 2.67 bits per heavy atom. The molecule has 0 aliphatic rings. The van der Waals surface area contributed by atoms with Crippen molar-refractivity contribution in [2.75, 3.05) is 26.8 Å². The predicted molar refractivity (Wildman–Crippen MR) is 50.2 cm³/mol. The maximum absolute atomic E-state index is 9.53. The zero-order valence-electron chi connectivity index (χ0n) is 8.34. The van der Waals surface area contributed by atoms with Gasteiger partial charge in [0.05, 0.1) is 12.7 Å². The molecule has 0 heterocycles. The Morgan fingerprint density at radius 2 is 2.17 bits per heavy atom. The Kier molecular flexibility index (Phi) is 7.45. The molecule has 0 aromatic heterocycles. The summed E-state index contributed by atoms with van der Waals surface area (Å²) in [6.07, 6.45) is 0.808. The van der Waals surface area contributed by atoms with Crippen LogP contribution in [0, 0.1) is 5.92 Å². The van der Waals surface area contributed by atoms with E-state index >= 15 is 0 Å². The Hall–Kier alpha value is -0.120. The average molecular weight is 175 g/mol. The molecule has 0 amide bonds. The molecule has 2 N–H and O–H groups in total. The molecule has 0 rings (SSSR count). The maximum Gasteiger partial charge on any atom is 0.0712 e. The zero-order valence-corrected chi connectivity index (χ0v) is 8.34. The van der Waals surface area contributed by atoms with Crippen LogP contribution in [0.25, 0.3) is 0 Å². The fraction of sp³-hybridized carbons (Fsp3) is 1.00. The van der Waals surface area contributed by atoms with Gasteiger partial charge in [-0.2, -0.15) is 0 Å². The standard InChI is InChI=1S/C9H21NO2/c1-4-5-10-6-9(11)8(2)7-12-3/h8-11H,4-7H2,1-3H3. The fourth-order valence-electron chi connectivity index (χ4n) is 1.00. The summed E-state index contributed by atoms with van der Waals surface area (Å²) in [7, 11) is 1.66. The van der Waals surface area contributed by atoms with Gasteiger partial charge in [-0.25, -0.2) is 0 Å². The summed E-state index contributed by atoms with van der Waals surface area (Å²) in [6, 6.07) is 0. The molecule has 0 radical (unpaired) electrons. The number of aliphatic hydroxyl groups is 1. The first-order valence-corrected chi connectivity index (χ1v) is 4.60. The van der Waals surface area contributed by atoms with Crippen LogP contribution in [0.4, 0.5) is 0 Å². The van der Waals surface area contributed by atoms with Crippen molar-refractivity contribution in [2.45, 2.75) is 26.4 Å². The number of ether oxygens (including phenoxy) is 1. The maximum atomic E-state index is 9.53. The van der Waals surface area contributed by atoms with Crippen LogP contribution in [0.3, 0.4) is 0 Å². The van der Waals surface area contributed by atoms with Gasteiger partial charge in [0.25, 0.3) is 0 Å². The summed E-state index contributed by atoms with van der Waals surface area (Å²) >= 11 is 0. The summed E-state index contributed by atoms with van der Waals surface area (Å²) in [6.45, 7) is 6.35. The van der Waals surface area contributed by atoms with Gasteiger partial charge < -0.3 is 15.2 Å². The second-order valence-corrected chi connectivity index (χ2v) is 3.20. The van der Waals surface area contributed by atoms with Crippen molar-refractivity contribution in [2.24, 2.45) is 5.92 Å². The number of aliphatic hydroxyl groups excluding tert-OH is 1. The first-order chi connectivity index (χ1) is 5.72. The van der Waals surface area contributed by atoms with Crippen LogP contribution in [0.5, 0.6) is 0 Å². The number of nitrogens with one attached hydrogen (secondary N) is 1. The Bertz CT molecular complexity index is 98.5. The predicted octanol–water partition coefficient (Wildman–Crippen LogP) is 0.629. The lowest BCUT2D eigenvalue weighted by atomic mass is 10.1. The van der Waals surface area contributed by atoms with Gasteiger partial charge >= 0.3 is 0 Å². The van der Waals surface area contributed by atoms with Gasteiger partial charge in [0.2, 0.25) is 0 Å². The van der Waals surface area contributed by atoms with Gasteiger partial charge in [0.1, 0.15) is 0 Å². The van der Waals surface area contributed by atoms with Crippen molar-refractivity contribution in [3.05, 3.63) is 0 Å². The van der Waals surface area contributed by atoms with Crippen LogP contribution >= 0.6 is 0 Å². The summed E-state index contributed by atoms with van der Waals surface area (Å²) in [5.41, 5.74) is 0. The molecular weight excluding hydrogens is 154 g/mol. The molecule has 2 unspecified atom stereocenters. The molecular formula is C9H21NO2. The normalized spacial score (nSPS) is 16.0. The molecule has 0 bridgehead atoms. The molecule has 0 aromatic carbocycles. The minimum atomic E-state index is -0.295. The smallest absolute Gasteiger partial charge is 0.0712 e. The van der Waals surface area contributed by atoms with E-state index in [4.69, 9.17) is 4.74 Å². The third kappa shape index (κ3) is 5.52. The van der Waals surface area contributed by atoms with E-state index in [0.717, 1.165) is 13.0 Å². The molecule has 0 fully saturated rings. The molecule has 2 atom stereocenters. The lowest BCUT2D eigenvalue weighted by Crippen LogP contribution is -2.33. The van der Waals surface area contributed by atoms with Crippen LogP contribution in [-0.4, -0.2) is 38.0 Å². The molecule has 0 aromatic rings. The molecule has 0 saturated carbocycles. The van der Waals surface area contributed by atoms with Crippen molar-refractivity contribution < 1.29 is 9.84 Å². The summed E-state index contributed by atoms with van der Waals surface area (Å²) in [5.74, 6) is 0.208. The molecule has 74 valence electrons. The van der Waals surface area contributed by atoms with Gasteiger partial charge in [-0.1, -0.05) is 13.8 Å². The fourth-order valence-corrected chi connectivity index (χ4v) is 1.00. The molecule has 0 saturated heterocycles. The quantitative estimate of drug-likeness (QED) is 0.558. The van der Waals surface area contributed by atoms with Crippen LogP contribution in [0.2, 0.25) is 0 Å². The van der Waals surface area contributed by atoms with E-state index in [1.54, 1.807) is 7.11 Å². The topological polar surface area (TPSA) is 41.5 Å². The molecule has 3 heteroatoms. The monoisotopic (exact) mass is 175 g/mol. The van der Waals surface area contributed by atoms with E-state index in [9.17, 15) is 5.11 Å². The van der Waals surface area contributed by atoms with Gasteiger partial charge in [0, 0.05) is 19.6 Å². The van der Waals surface area contributed by atoms with E-state index in [1.165, 1.54) is 0 Å². The van der Waals surface area contributed by atoms with Gasteiger partial charge in [-0.05, 0) is 13.0 Å². The van der Waals surface area contributed by atoms with Gasteiger partial charge in [-0.3, -0.25) is 0 Å². The second-order valence-electron chi connectivity index (χ2n) is 3.20. The Morgan fingerprint density at radius 1 is 1.50 bits per heavy atom. The highest BCUT2D eigenvalue weighted by atomic mass is 16.5.